The van der Waals surface area contributed by atoms with Crippen LogP contribution in [-0.4, -0.2) is 49.1 Å². The number of benzene rings is 1. The van der Waals surface area contributed by atoms with Gasteiger partial charge < -0.3 is 15.2 Å². The molecule has 3 heterocycles. The van der Waals surface area contributed by atoms with Gasteiger partial charge in [-0.2, -0.15) is 4.52 Å². The number of nitrogens with two attached hydrogens (primary N) is 1. The second-order valence-corrected chi connectivity index (χ2v) is 6.58. The Morgan fingerprint density at radius 2 is 1.91 bits per heavy atom. The molecule has 0 aliphatic rings. The average Bonchev–Trinajstić information content (AvgIpc) is 3.50. The van der Waals surface area contributed by atoms with Gasteiger partial charge in [-0.15, -0.1) is 30.8 Å². The third-order valence-corrected chi connectivity index (χ3v) is 4.50. The topological polar surface area (TPSA) is 115 Å². The van der Waals surface area contributed by atoms with Crippen LogP contribution in [0.3, 0.4) is 0 Å². The Hall–Kier alpha value is -4.51. The molecule has 0 saturated heterocycles. The maximum atomic E-state index is 14.0. The first-order valence-electron chi connectivity index (χ1n) is 9.56. The number of aromatic nitrogens is 5. The number of halogens is 2. The van der Waals surface area contributed by atoms with E-state index in [1.807, 2.05) is 0 Å². The molecule has 33 heavy (non-hydrogen) atoms. The van der Waals surface area contributed by atoms with Gasteiger partial charge >= 0.3 is 0 Å². The largest absolute Gasteiger partial charge is 0.368 e. The number of nitrogens with zero attached hydrogens (tertiary/aromatic N) is 6. The molecule has 1 amide bonds. The molecule has 3 aromatic heterocycles. The summed E-state index contributed by atoms with van der Waals surface area (Å²) in [6, 6.07) is 3.41. The van der Waals surface area contributed by atoms with Crippen molar-refractivity contribution in [1.29, 1.82) is 0 Å². The summed E-state index contributed by atoms with van der Waals surface area (Å²) in [6.45, 7) is 0.510. The standard InChI is InChI=1S/C18H17F2N7O2.2C2H2/c1-26(17(28)13-5-6-22-29-13)7-3-2-4-14-23-16-11-8-10(19)9-12(20)15(11)24-18(21)27(16)25-14;2*1-2/h5-6,8-9H,2-4,7H2,1H3,(H2,21,24);2*1-2H. The number of carbonyl (C=O) groups excluding carboxylic acids is 1. The van der Waals surface area contributed by atoms with Crippen molar-refractivity contribution in [2.45, 2.75) is 19.3 Å². The molecule has 0 bridgehead atoms. The number of unbranched alkanes of at least 4 members (excludes halogenated alkanes) is 1. The van der Waals surface area contributed by atoms with Crippen LogP contribution in [0.2, 0.25) is 0 Å². The Kier molecular flexibility index (Phi) is 8.41. The van der Waals surface area contributed by atoms with E-state index in [-0.39, 0.29) is 34.2 Å². The lowest BCUT2D eigenvalue weighted by Crippen LogP contribution is -2.27. The minimum Gasteiger partial charge on any atom is -0.368 e. The summed E-state index contributed by atoms with van der Waals surface area (Å²) in [5, 5.41) is 8.00. The number of hydrogen-bond donors (Lipinski definition) is 1. The van der Waals surface area contributed by atoms with Crippen molar-refractivity contribution >= 4 is 28.4 Å². The summed E-state index contributed by atoms with van der Waals surface area (Å²) >= 11 is 0. The number of fused-ring (bicyclic) bond motifs is 3. The third-order valence-electron chi connectivity index (χ3n) is 4.50. The van der Waals surface area contributed by atoms with Crippen LogP contribution in [0.15, 0.2) is 28.9 Å². The first-order valence-corrected chi connectivity index (χ1v) is 9.56. The van der Waals surface area contributed by atoms with Crippen LogP contribution in [0.25, 0.3) is 16.6 Å². The van der Waals surface area contributed by atoms with E-state index in [0.717, 1.165) is 12.1 Å². The first kappa shape index (κ1) is 24.8. The predicted molar refractivity (Wildman–Crippen MR) is 119 cm³/mol. The SMILES string of the molecule is C#C.C#C.CN(CCCCc1nc2c3cc(F)cc(F)c3nc(N)n2n1)C(=O)c1ccno1. The lowest BCUT2D eigenvalue weighted by atomic mass is 10.2. The molecule has 0 fully saturated rings. The number of amides is 1. The van der Waals surface area contributed by atoms with E-state index in [4.69, 9.17) is 10.3 Å². The number of hydrogen-bond acceptors (Lipinski definition) is 7. The highest BCUT2D eigenvalue weighted by Crippen LogP contribution is 2.23. The Bertz CT molecular complexity index is 1270. The van der Waals surface area contributed by atoms with Crippen molar-refractivity contribution in [1.82, 2.24) is 29.6 Å². The highest BCUT2D eigenvalue weighted by atomic mass is 19.1. The van der Waals surface area contributed by atoms with E-state index in [0.29, 0.717) is 31.6 Å². The van der Waals surface area contributed by atoms with Crippen LogP contribution in [-0.2, 0) is 6.42 Å². The monoisotopic (exact) mass is 453 g/mol. The fraction of sp³-hybridized carbons (Fsp3) is 0.227. The van der Waals surface area contributed by atoms with Crippen molar-refractivity contribution in [3.8, 4) is 25.7 Å². The number of carbonyl (C=O) groups is 1. The van der Waals surface area contributed by atoms with Crippen molar-refractivity contribution in [2.75, 3.05) is 19.3 Å². The van der Waals surface area contributed by atoms with Crippen molar-refractivity contribution < 1.29 is 18.1 Å². The summed E-state index contributed by atoms with van der Waals surface area (Å²) in [4.78, 5) is 22.0. The normalized spacial score (nSPS) is 10.2. The summed E-state index contributed by atoms with van der Waals surface area (Å²) in [7, 11) is 1.68. The van der Waals surface area contributed by atoms with Crippen molar-refractivity contribution in [3.05, 3.63) is 47.6 Å². The van der Waals surface area contributed by atoms with Gasteiger partial charge in [-0.3, -0.25) is 4.79 Å². The molecule has 0 atom stereocenters. The average molecular weight is 453 g/mol. The zero-order chi connectivity index (χ0) is 24.5. The quantitative estimate of drug-likeness (QED) is 0.353. The van der Waals surface area contributed by atoms with Crippen LogP contribution < -0.4 is 5.73 Å². The molecule has 0 aliphatic heterocycles. The van der Waals surface area contributed by atoms with Gasteiger partial charge in [0.1, 0.15) is 11.3 Å². The molecule has 0 spiro atoms. The third kappa shape index (κ3) is 5.40. The van der Waals surface area contributed by atoms with E-state index >= 15 is 0 Å². The fourth-order valence-corrected chi connectivity index (χ4v) is 3.05. The lowest BCUT2D eigenvalue weighted by molar-refractivity contribution is 0.0751. The second-order valence-electron chi connectivity index (χ2n) is 6.58. The fourth-order valence-electron chi connectivity index (χ4n) is 3.05. The molecular weight excluding hydrogens is 432 g/mol. The molecule has 4 aromatic rings. The molecule has 4 rings (SSSR count). The van der Waals surface area contributed by atoms with Gasteiger partial charge in [0.05, 0.1) is 11.6 Å². The van der Waals surface area contributed by atoms with Gasteiger partial charge in [-0.25, -0.2) is 18.7 Å². The van der Waals surface area contributed by atoms with E-state index in [2.05, 4.69) is 45.9 Å². The van der Waals surface area contributed by atoms with Gasteiger partial charge in [0.15, 0.2) is 17.3 Å². The van der Waals surface area contributed by atoms with Gasteiger partial charge in [0.25, 0.3) is 5.91 Å². The molecule has 9 nitrogen and oxygen atoms in total. The number of nitrogen functional groups attached to an aromatic ring is 1. The molecular formula is C22H21F2N7O2. The Morgan fingerprint density at radius 1 is 1.18 bits per heavy atom. The maximum Gasteiger partial charge on any atom is 0.292 e. The number of rotatable bonds is 6. The smallest absolute Gasteiger partial charge is 0.292 e. The molecule has 0 unspecified atom stereocenters. The van der Waals surface area contributed by atoms with Crippen LogP contribution >= 0.6 is 0 Å². The number of aryl methyl sites for hydroxylation is 1. The van der Waals surface area contributed by atoms with Gasteiger partial charge in [0.2, 0.25) is 11.7 Å². The summed E-state index contributed by atoms with van der Waals surface area (Å²) < 4.78 is 33.7. The zero-order valence-electron chi connectivity index (χ0n) is 17.8. The van der Waals surface area contributed by atoms with Gasteiger partial charge in [-0.05, 0) is 18.9 Å². The summed E-state index contributed by atoms with van der Waals surface area (Å²) in [5.41, 5.74) is 6.04. The van der Waals surface area contributed by atoms with E-state index in [1.165, 1.54) is 16.8 Å². The van der Waals surface area contributed by atoms with Crippen LogP contribution in [0, 0.1) is 37.3 Å². The first-order chi connectivity index (χ1) is 15.9. The molecule has 0 radical (unpaired) electrons. The molecule has 1 aromatic carbocycles. The van der Waals surface area contributed by atoms with Crippen LogP contribution in [0.4, 0.5) is 14.7 Å². The van der Waals surface area contributed by atoms with E-state index in [9.17, 15) is 13.6 Å². The highest BCUT2D eigenvalue weighted by Gasteiger charge is 2.17. The minimum absolute atomic E-state index is 0.0332. The maximum absolute atomic E-state index is 14.0. The highest BCUT2D eigenvalue weighted by molar-refractivity contribution is 5.92. The van der Waals surface area contributed by atoms with Gasteiger partial charge in [0, 0.05) is 32.1 Å². The minimum atomic E-state index is -0.807. The van der Waals surface area contributed by atoms with Crippen LogP contribution in [0.5, 0.6) is 0 Å². The molecule has 0 aliphatic carbocycles. The predicted octanol–water partition coefficient (Wildman–Crippen LogP) is 2.72. The second kappa shape index (κ2) is 11.2. The van der Waals surface area contributed by atoms with E-state index < -0.39 is 11.6 Å². The lowest BCUT2D eigenvalue weighted by Gasteiger charge is -2.14. The zero-order valence-corrected chi connectivity index (χ0v) is 17.8. The Balaban J connectivity index is 0.000000914. The number of terminal acetylenes is 2. The van der Waals surface area contributed by atoms with Crippen molar-refractivity contribution in [3.63, 3.8) is 0 Å². The summed E-state index contributed by atoms with van der Waals surface area (Å²) in [5.74, 6) is -1.16. The summed E-state index contributed by atoms with van der Waals surface area (Å²) in [6.07, 6.45) is 19.3. The van der Waals surface area contributed by atoms with Gasteiger partial charge in [-0.1, -0.05) is 5.16 Å². The van der Waals surface area contributed by atoms with Crippen molar-refractivity contribution in [2.24, 2.45) is 0 Å². The number of anilines is 1. The molecule has 0 saturated carbocycles. The Labute approximate surface area is 188 Å². The molecule has 11 heteroatoms. The van der Waals surface area contributed by atoms with E-state index in [1.54, 1.807) is 11.9 Å². The molecule has 170 valence electrons. The molecule has 2 N–H and O–H groups in total. The van der Waals surface area contributed by atoms with Crippen LogP contribution in [0.1, 0.15) is 29.2 Å². The Morgan fingerprint density at radius 3 is 2.58 bits per heavy atom.